The number of hydrogen-bond donors (Lipinski definition) is 2. The van der Waals surface area contributed by atoms with E-state index in [0.29, 0.717) is 12.1 Å². The van der Waals surface area contributed by atoms with Gasteiger partial charge in [0.15, 0.2) is 0 Å². The maximum absolute atomic E-state index is 11.9. The first-order valence-corrected chi connectivity index (χ1v) is 6.02. The van der Waals surface area contributed by atoms with Crippen LogP contribution >= 0.6 is 0 Å². The number of rotatable bonds is 5. The minimum atomic E-state index is -0.582. The molecule has 0 saturated heterocycles. The third kappa shape index (κ3) is 3.86. The maximum atomic E-state index is 11.9. The molecule has 4 nitrogen and oxygen atoms in total. The van der Waals surface area contributed by atoms with E-state index in [-0.39, 0.29) is 5.91 Å². The Kier molecular flexibility index (Phi) is 4.87. The molecule has 0 aliphatic heterocycles. The van der Waals surface area contributed by atoms with Gasteiger partial charge >= 0.3 is 0 Å². The number of amides is 1. The third-order valence-electron chi connectivity index (χ3n) is 2.70. The van der Waals surface area contributed by atoms with Crippen molar-refractivity contribution in [3.05, 3.63) is 35.4 Å². The number of nitriles is 1. The van der Waals surface area contributed by atoms with Crippen LogP contribution in [-0.4, -0.2) is 18.0 Å². The molecule has 1 aromatic rings. The van der Waals surface area contributed by atoms with Crippen molar-refractivity contribution in [2.24, 2.45) is 0 Å². The second-order valence-corrected chi connectivity index (χ2v) is 4.65. The normalized spacial score (nSPS) is 10.8. The first-order valence-electron chi connectivity index (χ1n) is 6.02. The smallest absolute Gasteiger partial charge is 0.239 e. The predicted octanol–water partition coefficient (Wildman–Crippen LogP) is 1.56. The lowest BCUT2D eigenvalue weighted by atomic mass is 10.0. The summed E-state index contributed by atoms with van der Waals surface area (Å²) in [6, 6.07) is 9.31. The van der Waals surface area contributed by atoms with Crippen LogP contribution in [0.25, 0.3) is 0 Å². The van der Waals surface area contributed by atoms with E-state index >= 15 is 0 Å². The molecule has 96 valence electrons. The van der Waals surface area contributed by atoms with Crippen molar-refractivity contribution in [1.82, 2.24) is 10.6 Å². The zero-order valence-corrected chi connectivity index (χ0v) is 11.1. The van der Waals surface area contributed by atoms with E-state index in [1.807, 2.05) is 32.9 Å². The Hall–Kier alpha value is -1.86. The maximum Gasteiger partial charge on any atom is 0.239 e. The fourth-order valence-electron chi connectivity index (χ4n) is 1.68. The first-order chi connectivity index (χ1) is 8.49. The van der Waals surface area contributed by atoms with Crippen LogP contribution in [0, 0.1) is 11.3 Å². The Morgan fingerprint density at radius 2 is 2.17 bits per heavy atom. The number of hydrogen-bond acceptors (Lipinski definition) is 3. The molecular formula is C14H19N3O. The molecule has 0 aliphatic rings. The molecule has 0 aliphatic carbocycles. The van der Waals surface area contributed by atoms with E-state index in [0.717, 1.165) is 12.1 Å². The highest BCUT2D eigenvalue weighted by atomic mass is 16.2. The fraction of sp³-hybridized carbons (Fsp3) is 0.429. The third-order valence-corrected chi connectivity index (χ3v) is 2.70. The summed E-state index contributed by atoms with van der Waals surface area (Å²) in [5.41, 5.74) is 0.948. The Morgan fingerprint density at radius 1 is 1.44 bits per heavy atom. The lowest BCUT2D eigenvalue weighted by molar-refractivity contribution is -0.126. The van der Waals surface area contributed by atoms with E-state index in [1.165, 1.54) is 0 Å². The van der Waals surface area contributed by atoms with Gasteiger partial charge in [0.25, 0.3) is 0 Å². The van der Waals surface area contributed by atoms with Crippen molar-refractivity contribution >= 4 is 5.91 Å². The zero-order chi connectivity index (χ0) is 13.6. The molecule has 0 spiro atoms. The molecule has 1 aromatic carbocycles. The van der Waals surface area contributed by atoms with Crippen LogP contribution in [-0.2, 0) is 11.3 Å². The molecule has 0 atom stereocenters. The van der Waals surface area contributed by atoms with Gasteiger partial charge in [-0.15, -0.1) is 0 Å². The average Bonchev–Trinajstić information content (AvgIpc) is 2.36. The van der Waals surface area contributed by atoms with Crippen LogP contribution < -0.4 is 10.6 Å². The summed E-state index contributed by atoms with van der Waals surface area (Å²) in [6.45, 7) is 6.83. The largest absolute Gasteiger partial charge is 0.350 e. The molecule has 0 unspecified atom stereocenters. The molecular weight excluding hydrogens is 226 g/mol. The fourth-order valence-corrected chi connectivity index (χ4v) is 1.68. The van der Waals surface area contributed by atoms with Crippen molar-refractivity contribution in [2.45, 2.75) is 32.9 Å². The molecule has 0 aromatic heterocycles. The van der Waals surface area contributed by atoms with E-state index in [2.05, 4.69) is 16.7 Å². The minimum absolute atomic E-state index is 0.0493. The van der Waals surface area contributed by atoms with E-state index < -0.39 is 5.54 Å². The Labute approximate surface area is 108 Å². The number of carbonyl (C=O) groups excluding carboxylic acids is 1. The van der Waals surface area contributed by atoms with Crippen LogP contribution in [0.2, 0.25) is 0 Å². The van der Waals surface area contributed by atoms with Crippen molar-refractivity contribution in [3.63, 3.8) is 0 Å². The highest BCUT2D eigenvalue weighted by Crippen LogP contribution is 2.06. The number of nitrogens with zero attached hydrogens (tertiary/aromatic N) is 1. The summed E-state index contributed by atoms with van der Waals surface area (Å²) in [6.07, 6.45) is 0. The Bertz CT molecular complexity index is 460. The van der Waals surface area contributed by atoms with Gasteiger partial charge in [0.1, 0.15) is 0 Å². The second kappa shape index (κ2) is 6.18. The summed E-state index contributed by atoms with van der Waals surface area (Å²) in [4.78, 5) is 11.9. The molecule has 0 radical (unpaired) electrons. The number of benzene rings is 1. The number of nitrogens with one attached hydrogen (secondary N) is 2. The van der Waals surface area contributed by atoms with Gasteiger partial charge < -0.3 is 10.6 Å². The van der Waals surface area contributed by atoms with Crippen LogP contribution in [0.3, 0.4) is 0 Å². The van der Waals surface area contributed by atoms with Crippen molar-refractivity contribution < 1.29 is 4.79 Å². The standard InChI is InChI=1S/C14H19N3O/c1-4-17-14(2,3)13(18)16-10-12-7-5-6-11(8-12)9-15/h5-8,17H,4,10H2,1-3H3,(H,16,18). The van der Waals surface area contributed by atoms with Gasteiger partial charge in [-0.25, -0.2) is 0 Å². The molecule has 2 N–H and O–H groups in total. The van der Waals surface area contributed by atoms with Gasteiger partial charge in [0.2, 0.25) is 5.91 Å². The van der Waals surface area contributed by atoms with Crippen LogP contribution in [0.5, 0.6) is 0 Å². The van der Waals surface area contributed by atoms with Crippen molar-refractivity contribution in [3.8, 4) is 6.07 Å². The van der Waals surface area contributed by atoms with Gasteiger partial charge in [-0.1, -0.05) is 19.1 Å². The summed E-state index contributed by atoms with van der Waals surface area (Å²) in [7, 11) is 0. The summed E-state index contributed by atoms with van der Waals surface area (Å²) in [5, 5.41) is 14.8. The number of likely N-dealkylation sites (N-methyl/N-ethyl adjacent to an activating group) is 1. The first kappa shape index (κ1) is 14.2. The lowest BCUT2D eigenvalue weighted by Crippen LogP contribution is -2.52. The van der Waals surface area contributed by atoms with Gasteiger partial charge in [0.05, 0.1) is 17.2 Å². The quantitative estimate of drug-likeness (QED) is 0.827. The lowest BCUT2D eigenvalue weighted by Gasteiger charge is -2.24. The van der Waals surface area contributed by atoms with Crippen molar-refractivity contribution in [1.29, 1.82) is 5.26 Å². The van der Waals surface area contributed by atoms with Crippen LogP contribution in [0.4, 0.5) is 0 Å². The average molecular weight is 245 g/mol. The highest BCUT2D eigenvalue weighted by Gasteiger charge is 2.25. The predicted molar refractivity (Wildman–Crippen MR) is 70.8 cm³/mol. The van der Waals surface area contributed by atoms with Crippen molar-refractivity contribution in [2.75, 3.05) is 6.54 Å². The molecule has 1 rings (SSSR count). The molecule has 0 saturated carbocycles. The Morgan fingerprint density at radius 3 is 2.78 bits per heavy atom. The van der Waals surface area contributed by atoms with Gasteiger partial charge in [-0.3, -0.25) is 4.79 Å². The van der Waals surface area contributed by atoms with E-state index in [1.54, 1.807) is 12.1 Å². The summed E-state index contributed by atoms with van der Waals surface area (Å²) < 4.78 is 0. The van der Waals surface area contributed by atoms with Crippen LogP contribution in [0.1, 0.15) is 31.9 Å². The molecule has 1 amide bonds. The highest BCUT2D eigenvalue weighted by molar-refractivity contribution is 5.85. The van der Waals surface area contributed by atoms with E-state index in [9.17, 15) is 4.79 Å². The Balaban J connectivity index is 2.60. The SMILES string of the molecule is CCNC(C)(C)C(=O)NCc1cccc(C#N)c1. The minimum Gasteiger partial charge on any atom is -0.350 e. The zero-order valence-electron chi connectivity index (χ0n) is 11.1. The molecule has 18 heavy (non-hydrogen) atoms. The van der Waals surface area contributed by atoms with Crippen LogP contribution in [0.15, 0.2) is 24.3 Å². The van der Waals surface area contributed by atoms with Gasteiger partial charge in [-0.2, -0.15) is 5.26 Å². The monoisotopic (exact) mass is 245 g/mol. The summed E-state index contributed by atoms with van der Waals surface area (Å²) in [5.74, 6) is -0.0493. The molecule has 0 fully saturated rings. The van der Waals surface area contributed by atoms with Gasteiger partial charge in [-0.05, 0) is 38.1 Å². The molecule has 0 heterocycles. The number of carbonyl (C=O) groups is 1. The summed E-state index contributed by atoms with van der Waals surface area (Å²) >= 11 is 0. The molecule has 0 bridgehead atoms. The molecule has 4 heteroatoms. The second-order valence-electron chi connectivity index (χ2n) is 4.65. The van der Waals surface area contributed by atoms with Gasteiger partial charge in [0, 0.05) is 6.54 Å². The topological polar surface area (TPSA) is 64.9 Å². The van der Waals surface area contributed by atoms with E-state index in [4.69, 9.17) is 5.26 Å².